The Morgan fingerprint density at radius 1 is 1.10 bits per heavy atom. The molecule has 1 N–H and O–H groups in total. The molecule has 2 nitrogen and oxygen atoms in total. The molecule has 0 aliphatic carbocycles. The predicted octanol–water partition coefficient (Wildman–Crippen LogP) is 4.11. The molecule has 2 aromatic rings. The van der Waals surface area contributed by atoms with Crippen molar-refractivity contribution in [2.75, 3.05) is 6.54 Å². The summed E-state index contributed by atoms with van der Waals surface area (Å²) in [6.45, 7) is 0.701. The normalized spacial score (nSPS) is 18.1. The molecule has 106 valence electrons. The van der Waals surface area contributed by atoms with Crippen LogP contribution in [0.25, 0.3) is 12.2 Å². The molecule has 1 aliphatic heterocycles. The van der Waals surface area contributed by atoms with Crippen molar-refractivity contribution in [3.05, 3.63) is 70.2 Å². The summed E-state index contributed by atoms with van der Waals surface area (Å²) in [6, 6.07) is 16.0. The molecule has 1 atom stereocenters. The first kappa shape index (κ1) is 13.9. The van der Waals surface area contributed by atoms with Gasteiger partial charge in [-0.15, -0.1) is 0 Å². The molecule has 3 heteroatoms. The molecule has 1 heterocycles. The smallest absolute Gasteiger partial charge is 0.220 e. The van der Waals surface area contributed by atoms with Gasteiger partial charge in [-0.1, -0.05) is 60.2 Å². The second kappa shape index (κ2) is 6.15. The fraction of sp³-hybridized carbons (Fsp3) is 0.167. The Balaban J connectivity index is 1.91. The van der Waals surface area contributed by atoms with E-state index in [1.54, 1.807) is 0 Å². The molecule has 0 radical (unpaired) electrons. The fourth-order valence-electron chi connectivity index (χ4n) is 2.64. The number of rotatable bonds is 3. The Kier molecular flexibility index (Phi) is 4.07. The molecule has 0 spiro atoms. The van der Waals surface area contributed by atoms with E-state index < -0.39 is 0 Å². The largest absolute Gasteiger partial charge is 0.355 e. The van der Waals surface area contributed by atoms with Gasteiger partial charge in [-0.25, -0.2) is 0 Å². The van der Waals surface area contributed by atoms with Crippen molar-refractivity contribution in [1.29, 1.82) is 0 Å². The first-order valence-electron chi connectivity index (χ1n) is 7.01. The standard InChI is InChI=1S/C18H16ClNO/c19-16-8-9-17(15-11-18(21)20-12-15)14(10-16)7-6-13-4-2-1-3-5-13/h1-10,15H,11-12H2,(H,20,21)/t15-/m0/s1. The highest BCUT2D eigenvalue weighted by Gasteiger charge is 2.24. The van der Waals surface area contributed by atoms with Crippen LogP contribution in [0.3, 0.4) is 0 Å². The second-order valence-corrected chi connectivity index (χ2v) is 5.66. The lowest BCUT2D eigenvalue weighted by Crippen LogP contribution is -2.13. The average Bonchev–Trinajstić information content (AvgIpc) is 2.93. The van der Waals surface area contributed by atoms with Crippen LogP contribution in [0.15, 0.2) is 48.5 Å². The van der Waals surface area contributed by atoms with Crippen LogP contribution in [0, 0.1) is 0 Å². The molecule has 21 heavy (non-hydrogen) atoms. The zero-order chi connectivity index (χ0) is 14.7. The number of halogens is 1. The van der Waals surface area contributed by atoms with E-state index in [1.165, 1.54) is 5.56 Å². The summed E-state index contributed by atoms with van der Waals surface area (Å²) in [4.78, 5) is 11.4. The van der Waals surface area contributed by atoms with Crippen LogP contribution < -0.4 is 5.32 Å². The van der Waals surface area contributed by atoms with Crippen molar-refractivity contribution in [3.8, 4) is 0 Å². The summed E-state index contributed by atoms with van der Waals surface area (Å²) in [5, 5.41) is 3.60. The van der Waals surface area contributed by atoms with Crippen molar-refractivity contribution in [2.45, 2.75) is 12.3 Å². The fourth-order valence-corrected chi connectivity index (χ4v) is 2.82. The van der Waals surface area contributed by atoms with Gasteiger partial charge in [-0.2, -0.15) is 0 Å². The average molecular weight is 298 g/mol. The second-order valence-electron chi connectivity index (χ2n) is 5.22. The topological polar surface area (TPSA) is 29.1 Å². The van der Waals surface area contributed by atoms with Gasteiger partial charge in [-0.05, 0) is 28.8 Å². The monoisotopic (exact) mass is 297 g/mol. The van der Waals surface area contributed by atoms with Gasteiger partial charge in [0.15, 0.2) is 0 Å². The molecule has 0 bridgehead atoms. The maximum atomic E-state index is 11.4. The lowest BCUT2D eigenvalue weighted by molar-refractivity contribution is -0.119. The first-order chi connectivity index (χ1) is 10.2. The third kappa shape index (κ3) is 3.34. The van der Waals surface area contributed by atoms with E-state index in [0.717, 1.165) is 11.1 Å². The minimum atomic E-state index is 0.118. The van der Waals surface area contributed by atoms with Gasteiger partial charge in [0.1, 0.15) is 0 Å². The highest BCUT2D eigenvalue weighted by atomic mass is 35.5. The number of amides is 1. The molecule has 3 rings (SSSR count). The van der Waals surface area contributed by atoms with E-state index in [-0.39, 0.29) is 11.8 Å². The highest BCUT2D eigenvalue weighted by molar-refractivity contribution is 6.30. The summed E-state index contributed by atoms with van der Waals surface area (Å²) in [6.07, 6.45) is 4.69. The van der Waals surface area contributed by atoms with Crippen LogP contribution in [0.4, 0.5) is 0 Å². The van der Waals surface area contributed by atoms with E-state index in [0.29, 0.717) is 18.0 Å². The molecule has 1 saturated heterocycles. The zero-order valence-electron chi connectivity index (χ0n) is 11.6. The molecular formula is C18H16ClNO. The minimum absolute atomic E-state index is 0.118. The number of hydrogen-bond acceptors (Lipinski definition) is 1. The molecule has 0 aromatic heterocycles. The Morgan fingerprint density at radius 2 is 1.90 bits per heavy atom. The third-order valence-electron chi connectivity index (χ3n) is 3.72. The summed E-state index contributed by atoms with van der Waals surface area (Å²) in [5.41, 5.74) is 3.39. The lowest BCUT2D eigenvalue weighted by Gasteiger charge is -2.12. The van der Waals surface area contributed by atoms with E-state index in [1.807, 2.05) is 36.4 Å². The Morgan fingerprint density at radius 3 is 2.62 bits per heavy atom. The van der Waals surface area contributed by atoms with Gasteiger partial charge in [0.2, 0.25) is 5.91 Å². The molecule has 0 unspecified atom stereocenters. The number of carbonyl (C=O) groups is 1. The summed E-state index contributed by atoms with van der Waals surface area (Å²) >= 11 is 6.12. The van der Waals surface area contributed by atoms with Gasteiger partial charge >= 0.3 is 0 Å². The highest BCUT2D eigenvalue weighted by Crippen LogP contribution is 2.29. The summed E-state index contributed by atoms with van der Waals surface area (Å²) in [7, 11) is 0. The molecular weight excluding hydrogens is 282 g/mol. The Labute approximate surface area is 129 Å². The molecule has 2 aromatic carbocycles. The SMILES string of the molecule is O=C1C[C@H](c2ccc(Cl)cc2C=Cc2ccccc2)CN1. The Bertz CT molecular complexity index is 679. The maximum Gasteiger partial charge on any atom is 0.220 e. The summed E-state index contributed by atoms with van der Waals surface area (Å²) in [5.74, 6) is 0.345. The number of hydrogen-bond donors (Lipinski definition) is 1. The van der Waals surface area contributed by atoms with Crippen LogP contribution in [0.5, 0.6) is 0 Å². The van der Waals surface area contributed by atoms with Crippen LogP contribution in [0.1, 0.15) is 29.0 Å². The molecule has 1 amide bonds. The quantitative estimate of drug-likeness (QED) is 0.849. The number of carbonyl (C=O) groups excluding carboxylic acids is 1. The van der Waals surface area contributed by atoms with Crippen molar-refractivity contribution in [1.82, 2.24) is 5.32 Å². The van der Waals surface area contributed by atoms with Crippen LogP contribution in [0.2, 0.25) is 5.02 Å². The van der Waals surface area contributed by atoms with Crippen LogP contribution in [-0.4, -0.2) is 12.5 Å². The van der Waals surface area contributed by atoms with Crippen molar-refractivity contribution in [3.63, 3.8) is 0 Å². The lowest BCUT2D eigenvalue weighted by atomic mass is 9.93. The zero-order valence-corrected chi connectivity index (χ0v) is 12.3. The van der Waals surface area contributed by atoms with Crippen molar-refractivity contribution >= 4 is 29.7 Å². The van der Waals surface area contributed by atoms with Gasteiger partial charge in [0.25, 0.3) is 0 Å². The van der Waals surface area contributed by atoms with Gasteiger partial charge in [0, 0.05) is 23.9 Å². The van der Waals surface area contributed by atoms with Crippen LogP contribution in [-0.2, 0) is 4.79 Å². The first-order valence-corrected chi connectivity index (χ1v) is 7.39. The van der Waals surface area contributed by atoms with E-state index in [9.17, 15) is 4.79 Å². The van der Waals surface area contributed by atoms with E-state index >= 15 is 0 Å². The minimum Gasteiger partial charge on any atom is -0.355 e. The van der Waals surface area contributed by atoms with E-state index in [2.05, 4.69) is 29.6 Å². The third-order valence-corrected chi connectivity index (χ3v) is 3.96. The molecule has 0 saturated carbocycles. The van der Waals surface area contributed by atoms with Crippen LogP contribution >= 0.6 is 11.6 Å². The van der Waals surface area contributed by atoms with E-state index in [4.69, 9.17) is 11.6 Å². The number of nitrogens with one attached hydrogen (secondary N) is 1. The predicted molar refractivity (Wildman–Crippen MR) is 87.2 cm³/mol. The van der Waals surface area contributed by atoms with Crippen molar-refractivity contribution in [2.24, 2.45) is 0 Å². The van der Waals surface area contributed by atoms with Gasteiger partial charge in [-0.3, -0.25) is 4.79 Å². The summed E-state index contributed by atoms with van der Waals surface area (Å²) < 4.78 is 0. The molecule has 1 aliphatic rings. The van der Waals surface area contributed by atoms with Crippen molar-refractivity contribution < 1.29 is 4.79 Å². The van der Waals surface area contributed by atoms with Gasteiger partial charge < -0.3 is 5.32 Å². The van der Waals surface area contributed by atoms with Gasteiger partial charge in [0.05, 0.1) is 0 Å². The molecule has 1 fully saturated rings. The number of benzene rings is 2. The Hall–Kier alpha value is -2.06. The maximum absolute atomic E-state index is 11.4.